The number of nitrogens with zero attached hydrogens (tertiary/aromatic N) is 2. The minimum absolute atomic E-state index is 0.110. The van der Waals surface area contributed by atoms with Crippen LogP contribution in [0.2, 0.25) is 0 Å². The minimum atomic E-state index is -0.203. The summed E-state index contributed by atoms with van der Waals surface area (Å²) < 4.78 is 5.47. The smallest absolute Gasteiger partial charge is 0.267 e. The maximum absolute atomic E-state index is 12.3. The van der Waals surface area contributed by atoms with Crippen LogP contribution in [0.1, 0.15) is 21.3 Å². The predicted octanol–water partition coefficient (Wildman–Crippen LogP) is 4.09. The van der Waals surface area contributed by atoms with Crippen LogP contribution >= 0.6 is 22.7 Å². The van der Waals surface area contributed by atoms with E-state index in [1.165, 1.54) is 22.7 Å². The average molecular weight is 398 g/mol. The average Bonchev–Trinajstić information content (AvgIpc) is 3.34. The van der Waals surface area contributed by atoms with Gasteiger partial charge in [-0.25, -0.2) is 9.97 Å². The molecule has 0 saturated heterocycles. The summed E-state index contributed by atoms with van der Waals surface area (Å²) >= 11 is 2.65. The van der Waals surface area contributed by atoms with Crippen molar-refractivity contribution >= 4 is 56.4 Å². The van der Waals surface area contributed by atoms with Crippen molar-refractivity contribution in [3.63, 3.8) is 0 Å². The van der Waals surface area contributed by atoms with Crippen LogP contribution in [0.3, 0.4) is 0 Å². The number of aromatic nitrogens is 2. The number of amides is 2. The summed E-state index contributed by atoms with van der Waals surface area (Å²) in [5.41, 5.74) is 2.59. The maximum atomic E-state index is 12.3. The Hall–Kier alpha value is -3.04. The molecule has 0 fully saturated rings. The molecule has 7 nitrogen and oxygen atoms in total. The van der Waals surface area contributed by atoms with E-state index in [-0.39, 0.29) is 18.2 Å². The molecule has 1 aromatic carbocycles. The Morgan fingerprint density at radius 2 is 2.04 bits per heavy atom. The van der Waals surface area contributed by atoms with Crippen molar-refractivity contribution in [1.29, 1.82) is 0 Å². The summed E-state index contributed by atoms with van der Waals surface area (Å²) in [6.45, 7) is 1.77. The second-order valence-corrected chi connectivity index (χ2v) is 7.52. The van der Waals surface area contributed by atoms with Crippen LogP contribution in [0.25, 0.3) is 11.1 Å². The zero-order chi connectivity index (χ0) is 18.8. The zero-order valence-corrected chi connectivity index (χ0v) is 15.8. The number of aryl methyl sites for hydroxylation is 1. The molecule has 0 saturated carbocycles. The molecule has 3 aromatic heterocycles. The molecule has 0 atom stereocenters. The van der Waals surface area contributed by atoms with E-state index in [1.54, 1.807) is 36.6 Å². The number of fused-ring (bicyclic) bond motifs is 1. The minimum Gasteiger partial charge on any atom is -0.441 e. The third-order valence-corrected chi connectivity index (χ3v) is 5.31. The second kappa shape index (κ2) is 7.29. The van der Waals surface area contributed by atoms with Crippen LogP contribution < -0.4 is 10.6 Å². The lowest BCUT2D eigenvalue weighted by atomic mass is 10.2. The van der Waals surface area contributed by atoms with Crippen molar-refractivity contribution < 1.29 is 14.0 Å². The van der Waals surface area contributed by atoms with Gasteiger partial charge in [-0.2, -0.15) is 0 Å². The summed E-state index contributed by atoms with van der Waals surface area (Å²) in [6.07, 6.45) is 0.110. The molecule has 2 amide bonds. The highest BCUT2D eigenvalue weighted by Gasteiger charge is 2.12. The molecule has 136 valence electrons. The molecule has 4 aromatic rings. The van der Waals surface area contributed by atoms with Gasteiger partial charge in [0.2, 0.25) is 5.91 Å². The van der Waals surface area contributed by atoms with E-state index >= 15 is 0 Å². The van der Waals surface area contributed by atoms with Gasteiger partial charge in [0.15, 0.2) is 16.6 Å². The summed E-state index contributed by atoms with van der Waals surface area (Å²) in [4.78, 5) is 33.4. The van der Waals surface area contributed by atoms with Crippen LogP contribution in [0.4, 0.5) is 10.8 Å². The maximum Gasteiger partial charge on any atom is 0.267 e. The Kier molecular flexibility index (Phi) is 4.69. The van der Waals surface area contributed by atoms with Crippen LogP contribution in [0, 0.1) is 6.92 Å². The van der Waals surface area contributed by atoms with E-state index in [1.807, 2.05) is 11.4 Å². The first-order chi connectivity index (χ1) is 13.1. The van der Waals surface area contributed by atoms with Crippen LogP contribution in [-0.2, 0) is 11.2 Å². The highest BCUT2D eigenvalue weighted by molar-refractivity contribution is 7.14. The normalized spacial score (nSPS) is 10.9. The highest BCUT2D eigenvalue weighted by atomic mass is 32.1. The molecule has 2 N–H and O–H groups in total. The quantitative estimate of drug-likeness (QED) is 0.528. The van der Waals surface area contributed by atoms with Gasteiger partial charge in [0.05, 0.1) is 17.0 Å². The Labute approximate surface area is 162 Å². The number of thiazole rings is 1. The van der Waals surface area contributed by atoms with Gasteiger partial charge in [0.1, 0.15) is 5.52 Å². The van der Waals surface area contributed by atoms with Gasteiger partial charge >= 0.3 is 0 Å². The molecule has 0 spiro atoms. The Morgan fingerprint density at radius 1 is 1.15 bits per heavy atom. The number of carbonyl (C=O) groups is 2. The van der Waals surface area contributed by atoms with Gasteiger partial charge in [0, 0.05) is 24.1 Å². The van der Waals surface area contributed by atoms with Crippen molar-refractivity contribution in [3.8, 4) is 0 Å². The molecule has 0 radical (unpaired) electrons. The Bertz CT molecular complexity index is 1120. The lowest BCUT2D eigenvalue weighted by Gasteiger charge is -2.03. The van der Waals surface area contributed by atoms with E-state index in [2.05, 4.69) is 20.6 Å². The topological polar surface area (TPSA) is 97.1 Å². The largest absolute Gasteiger partial charge is 0.441 e. The number of rotatable bonds is 5. The van der Waals surface area contributed by atoms with E-state index in [4.69, 9.17) is 4.42 Å². The van der Waals surface area contributed by atoms with E-state index in [9.17, 15) is 9.59 Å². The SMILES string of the molecule is Cc1nc2ccc(NC(=O)Cc3csc(NC(=O)c4cccs4)n3)cc2o1. The van der Waals surface area contributed by atoms with Crippen molar-refractivity contribution in [1.82, 2.24) is 9.97 Å². The van der Waals surface area contributed by atoms with Gasteiger partial charge in [-0.15, -0.1) is 22.7 Å². The number of benzene rings is 1. The molecule has 0 aliphatic rings. The van der Waals surface area contributed by atoms with Gasteiger partial charge in [-0.1, -0.05) is 6.07 Å². The number of thiophene rings is 1. The van der Waals surface area contributed by atoms with Crippen molar-refractivity contribution in [2.45, 2.75) is 13.3 Å². The van der Waals surface area contributed by atoms with Crippen molar-refractivity contribution in [2.24, 2.45) is 0 Å². The van der Waals surface area contributed by atoms with Gasteiger partial charge in [-0.3, -0.25) is 14.9 Å². The first-order valence-electron chi connectivity index (χ1n) is 8.03. The molecule has 9 heteroatoms. The monoisotopic (exact) mass is 398 g/mol. The van der Waals surface area contributed by atoms with Crippen molar-refractivity contribution in [3.05, 3.63) is 57.6 Å². The molecule has 3 heterocycles. The molecule has 0 aliphatic heterocycles. The number of anilines is 2. The van der Waals surface area contributed by atoms with Gasteiger partial charge in [0.25, 0.3) is 5.91 Å². The summed E-state index contributed by atoms with van der Waals surface area (Å²) in [6, 6.07) is 8.86. The van der Waals surface area contributed by atoms with Crippen molar-refractivity contribution in [2.75, 3.05) is 10.6 Å². The number of carbonyl (C=O) groups excluding carboxylic acids is 2. The summed E-state index contributed by atoms with van der Waals surface area (Å²) in [5, 5.41) is 9.62. The lowest BCUT2D eigenvalue weighted by Crippen LogP contribution is -2.15. The van der Waals surface area contributed by atoms with Gasteiger partial charge < -0.3 is 9.73 Å². The molecule has 0 unspecified atom stereocenters. The third kappa shape index (κ3) is 4.04. The first kappa shape index (κ1) is 17.4. The Balaban J connectivity index is 1.37. The fourth-order valence-corrected chi connectivity index (χ4v) is 3.82. The standard InChI is InChI=1S/C18H14N4O3S2/c1-10-19-13-5-4-11(7-14(13)25-10)20-16(23)8-12-9-27-18(21-12)22-17(24)15-3-2-6-26-15/h2-7,9H,8H2,1H3,(H,20,23)(H,21,22,24). The number of hydrogen-bond donors (Lipinski definition) is 2. The zero-order valence-electron chi connectivity index (χ0n) is 14.2. The van der Waals surface area contributed by atoms with E-state index < -0.39 is 0 Å². The summed E-state index contributed by atoms with van der Waals surface area (Å²) in [5.74, 6) is 0.172. The van der Waals surface area contributed by atoms with Crippen LogP contribution in [0.15, 0.2) is 45.5 Å². The van der Waals surface area contributed by atoms with E-state index in [0.717, 1.165) is 5.52 Å². The lowest BCUT2D eigenvalue weighted by molar-refractivity contribution is -0.115. The third-order valence-electron chi connectivity index (χ3n) is 3.64. The fraction of sp³-hybridized carbons (Fsp3) is 0.111. The number of nitrogens with one attached hydrogen (secondary N) is 2. The van der Waals surface area contributed by atoms with Gasteiger partial charge in [-0.05, 0) is 23.6 Å². The molecular weight excluding hydrogens is 384 g/mol. The van der Waals surface area contributed by atoms with Crippen LogP contribution in [0.5, 0.6) is 0 Å². The second-order valence-electron chi connectivity index (χ2n) is 5.72. The molecule has 0 bridgehead atoms. The fourth-order valence-electron chi connectivity index (χ4n) is 2.50. The number of hydrogen-bond acceptors (Lipinski definition) is 7. The summed E-state index contributed by atoms with van der Waals surface area (Å²) in [7, 11) is 0. The Morgan fingerprint density at radius 3 is 2.85 bits per heavy atom. The first-order valence-corrected chi connectivity index (χ1v) is 9.79. The number of oxazole rings is 1. The van der Waals surface area contributed by atoms with E-state index in [0.29, 0.717) is 32.9 Å². The molecular formula is C18H14N4O3S2. The molecule has 27 heavy (non-hydrogen) atoms. The highest BCUT2D eigenvalue weighted by Crippen LogP contribution is 2.21. The molecule has 0 aliphatic carbocycles. The molecule has 4 rings (SSSR count). The predicted molar refractivity (Wildman–Crippen MR) is 105 cm³/mol. The van der Waals surface area contributed by atoms with Crippen LogP contribution in [-0.4, -0.2) is 21.8 Å².